The zero-order chi connectivity index (χ0) is 19.3. The Morgan fingerprint density at radius 1 is 1.04 bits per heavy atom. The number of benzene rings is 2. The first-order valence-electron chi connectivity index (χ1n) is 9.38. The van der Waals surface area contributed by atoms with Crippen LogP contribution in [0.15, 0.2) is 67.0 Å². The van der Waals surface area contributed by atoms with E-state index in [0.717, 1.165) is 30.5 Å². The molecule has 1 unspecified atom stereocenters. The molecule has 1 aromatic heterocycles. The van der Waals surface area contributed by atoms with Crippen LogP contribution in [-0.2, 0) is 4.79 Å². The number of nitrogens with zero attached hydrogens (tertiary/aromatic N) is 3. The van der Waals surface area contributed by atoms with Crippen LogP contribution in [0.4, 0.5) is 16.0 Å². The highest BCUT2D eigenvalue weighted by Crippen LogP contribution is 2.24. The number of carbonyl (C=O) groups excluding carboxylic acids is 1. The molecule has 1 amide bonds. The second-order valence-electron chi connectivity index (χ2n) is 6.92. The van der Waals surface area contributed by atoms with Gasteiger partial charge in [0.2, 0.25) is 11.9 Å². The summed E-state index contributed by atoms with van der Waals surface area (Å²) in [7, 11) is 0. The zero-order valence-corrected chi connectivity index (χ0v) is 15.4. The van der Waals surface area contributed by atoms with Gasteiger partial charge in [-0.15, -0.1) is 0 Å². The van der Waals surface area contributed by atoms with E-state index < -0.39 is 0 Å². The summed E-state index contributed by atoms with van der Waals surface area (Å²) in [6.07, 6.45) is 5.30. The molecule has 0 aliphatic carbocycles. The average molecular weight is 376 g/mol. The van der Waals surface area contributed by atoms with Gasteiger partial charge in [-0.3, -0.25) is 4.79 Å². The van der Waals surface area contributed by atoms with Crippen molar-refractivity contribution in [2.45, 2.75) is 12.8 Å². The summed E-state index contributed by atoms with van der Waals surface area (Å²) in [5, 5.41) is 2.81. The largest absolute Gasteiger partial charge is 0.340 e. The number of nitrogens with one attached hydrogen (secondary N) is 1. The van der Waals surface area contributed by atoms with E-state index in [0.29, 0.717) is 18.2 Å². The Bertz CT molecular complexity index is 946. The molecule has 0 bridgehead atoms. The Hall–Kier alpha value is -3.28. The molecule has 0 saturated carbocycles. The number of carbonyl (C=O) groups is 1. The number of rotatable bonds is 4. The summed E-state index contributed by atoms with van der Waals surface area (Å²) in [5.74, 6) is -0.0245. The first-order chi connectivity index (χ1) is 13.7. The highest BCUT2D eigenvalue weighted by atomic mass is 19.1. The summed E-state index contributed by atoms with van der Waals surface area (Å²) in [6.45, 7) is 1.36. The first kappa shape index (κ1) is 18.1. The second kappa shape index (κ2) is 8.17. The lowest BCUT2D eigenvalue weighted by Gasteiger charge is -2.32. The topological polar surface area (TPSA) is 58.1 Å². The van der Waals surface area contributed by atoms with Gasteiger partial charge in [0.05, 0.1) is 5.92 Å². The molecule has 28 heavy (non-hydrogen) atoms. The van der Waals surface area contributed by atoms with Crippen LogP contribution in [-0.4, -0.2) is 29.0 Å². The highest BCUT2D eigenvalue weighted by Gasteiger charge is 2.27. The maximum atomic E-state index is 13.3. The molecular weight excluding hydrogens is 355 g/mol. The third-order valence-electron chi connectivity index (χ3n) is 4.91. The predicted octanol–water partition coefficient (Wildman–Crippen LogP) is 4.14. The number of hydrogen-bond donors (Lipinski definition) is 1. The number of aromatic nitrogens is 2. The van der Waals surface area contributed by atoms with Gasteiger partial charge in [0.25, 0.3) is 0 Å². The van der Waals surface area contributed by atoms with Crippen LogP contribution in [0.3, 0.4) is 0 Å². The van der Waals surface area contributed by atoms with Gasteiger partial charge in [0.1, 0.15) is 5.82 Å². The highest BCUT2D eigenvalue weighted by molar-refractivity contribution is 5.93. The van der Waals surface area contributed by atoms with Crippen molar-refractivity contribution < 1.29 is 9.18 Å². The fraction of sp³-hybridized carbons (Fsp3) is 0.227. The maximum absolute atomic E-state index is 13.3. The summed E-state index contributed by atoms with van der Waals surface area (Å²) >= 11 is 0. The van der Waals surface area contributed by atoms with E-state index in [1.807, 2.05) is 47.6 Å². The Kier molecular flexibility index (Phi) is 5.28. The molecule has 142 valence electrons. The normalized spacial score (nSPS) is 16.6. The molecule has 3 aromatic rings. The molecule has 4 rings (SSSR count). The van der Waals surface area contributed by atoms with Gasteiger partial charge >= 0.3 is 0 Å². The molecule has 6 heteroatoms. The Balaban J connectivity index is 1.42. The molecule has 1 aliphatic heterocycles. The van der Waals surface area contributed by atoms with E-state index in [4.69, 9.17) is 0 Å². The van der Waals surface area contributed by atoms with Crippen molar-refractivity contribution in [3.05, 3.63) is 72.8 Å². The lowest BCUT2D eigenvalue weighted by Crippen LogP contribution is -2.41. The van der Waals surface area contributed by atoms with E-state index in [-0.39, 0.29) is 17.6 Å². The third-order valence-corrected chi connectivity index (χ3v) is 4.91. The van der Waals surface area contributed by atoms with E-state index >= 15 is 0 Å². The van der Waals surface area contributed by atoms with Gasteiger partial charge in [0, 0.05) is 36.7 Å². The van der Waals surface area contributed by atoms with Crippen molar-refractivity contribution in [1.29, 1.82) is 0 Å². The first-order valence-corrected chi connectivity index (χ1v) is 9.38. The zero-order valence-electron chi connectivity index (χ0n) is 15.4. The molecule has 5 nitrogen and oxygen atoms in total. The molecule has 2 aromatic carbocycles. The molecule has 1 N–H and O–H groups in total. The minimum Gasteiger partial charge on any atom is -0.340 e. The van der Waals surface area contributed by atoms with Gasteiger partial charge in [-0.25, -0.2) is 14.4 Å². The van der Waals surface area contributed by atoms with Gasteiger partial charge in [-0.1, -0.05) is 36.4 Å². The van der Waals surface area contributed by atoms with Gasteiger partial charge in [0.15, 0.2) is 0 Å². The van der Waals surface area contributed by atoms with Crippen LogP contribution in [0.5, 0.6) is 0 Å². The minimum atomic E-state index is -0.366. The molecule has 1 atom stereocenters. The molecular formula is C22H21FN4O. The number of amides is 1. The Morgan fingerprint density at radius 2 is 1.82 bits per heavy atom. The van der Waals surface area contributed by atoms with Crippen LogP contribution >= 0.6 is 0 Å². The van der Waals surface area contributed by atoms with Crippen molar-refractivity contribution >= 4 is 17.5 Å². The van der Waals surface area contributed by atoms with E-state index in [9.17, 15) is 9.18 Å². The number of hydrogen-bond acceptors (Lipinski definition) is 4. The van der Waals surface area contributed by atoms with Crippen molar-refractivity contribution in [2.75, 3.05) is 23.3 Å². The third kappa shape index (κ3) is 4.17. The van der Waals surface area contributed by atoms with Gasteiger partial charge < -0.3 is 10.2 Å². The van der Waals surface area contributed by atoms with Crippen LogP contribution in [0.25, 0.3) is 11.1 Å². The Labute approximate surface area is 163 Å². The lowest BCUT2D eigenvalue weighted by atomic mass is 9.97. The van der Waals surface area contributed by atoms with Crippen molar-refractivity contribution in [1.82, 2.24) is 9.97 Å². The summed E-state index contributed by atoms with van der Waals surface area (Å²) in [4.78, 5) is 23.6. The molecule has 1 saturated heterocycles. The average Bonchev–Trinajstić information content (AvgIpc) is 2.75. The molecule has 1 fully saturated rings. The minimum absolute atomic E-state index is 0.101. The summed E-state index contributed by atoms with van der Waals surface area (Å²) < 4.78 is 13.3. The summed E-state index contributed by atoms with van der Waals surface area (Å²) in [6, 6.07) is 15.9. The van der Waals surface area contributed by atoms with Crippen molar-refractivity contribution in [3.63, 3.8) is 0 Å². The number of anilines is 2. The van der Waals surface area contributed by atoms with E-state index in [2.05, 4.69) is 15.3 Å². The fourth-order valence-corrected chi connectivity index (χ4v) is 3.45. The quantitative estimate of drug-likeness (QED) is 0.744. The molecule has 2 heterocycles. The number of halogens is 1. The van der Waals surface area contributed by atoms with Gasteiger partial charge in [-0.2, -0.15) is 0 Å². The lowest BCUT2D eigenvalue weighted by molar-refractivity contribution is -0.120. The molecule has 0 spiro atoms. The molecule has 0 radical (unpaired) electrons. The summed E-state index contributed by atoms with van der Waals surface area (Å²) in [5.41, 5.74) is 2.51. The smallest absolute Gasteiger partial charge is 0.229 e. The van der Waals surface area contributed by atoms with Crippen LogP contribution in [0.1, 0.15) is 12.8 Å². The maximum Gasteiger partial charge on any atom is 0.229 e. The van der Waals surface area contributed by atoms with Crippen LogP contribution in [0.2, 0.25) is 0 Å². The number of piperidine rings is 1. The van der Waals surface area contributed by atoms with Crippen molar-refractivity contribution in [2.24, 2.45) is 5.92 Å². The van der Waals surface area contributed by atoms with Crippen LogP contribution < -0.4 is 10.2 Å². The monoisotopic (exact) mass is 376 g/mol. The second-order valence-corrected chi connectivity index (χ2v) is 6.92. The van der Waals surface area contributed by atoms with E-state index in [1.54, 1.807) is 12.1 Å². The fourth-order valence-electron chi connectivity index (χ4n) is 3.45. The standard InChI is InChI=1S/C22H21FN4O/c23-19-9-4-10-20(12-19)26-21(28)17-8-5-11-27(15-17)22-24-13-18(14-25-22)16-6-2-1-3-7-16/h1-4,6-7,9-10,12-14,17H,5,8,11,15H2,(H,26,28). The van der Waals surface area contributed by atoms with Crippen molar-refractivity contribution in [3.8, 4) is 11.1 Å². The Morgan fingerprint density at radius 3 is 2.57 bits per heavy atom. The molecule has 1 aliphatic rings. The van der Waals surface area contributed by atoms with Crippen LogP contribution in [0, 0.1) is 11.7 Å². The van der Waals surface area contributed by atoms with Gasteiger partial charge in [-0.05, 0) is 36.6 Å². The predicted molar refractivity (Wildman–Crippen MR) is 107 cm³/mol. The van der Waals surface area contributed by atoms with E-state index in [1.165, 1.54) is 12.1 Å². The SMILES string of the molecule is O=C(Nc1cccc(F)c1)C1CCCN(c2ncc(-c3ccccc3)cn2)C1.